The van der Waals surface area contributed by atoms with E-state index >= 15 is 0 Å². The molecule has 1 fully saturated rings. The zero-order valence-electron chi connectivity index (χ0n) is 11.1. The fraction of sp³-hybridized carbons (Fsp3) is 0.385. The molecule has 1 unspecified atom stereocenters. The van der Waals surface area contributed by atoms with Crippen LogP contribution in [0.1, 0.15) is 10.4 Å². The molecule has 2 rings (SSSR count). The van der Waals surface area contributed by atoms with Crippen LogP contribution in [0.2, 0.25) is 5.02 Å². The summed E-state index contributed by atoms with van der Waals surface area (Å²) in [6.45, 7) is 0.872. The molecule has 114 valence electrons. The average molecular weight is 315 g/mol. The summed E-state index contributed by atoms with van der Waals surface area (Å²) in [4.78, 5) is 24.6. The minimum Gasteiger partial charge on any atom is -0.478 e. The lowest BCUT2D eigenvalue weighted by molar-refractivity contribution is -0.0388. The maximum absolute atomic E-state index is 12.1. The Balaban J connectivity index is 2.05. The highest BCUT2D eigenvalue weighted by Gasteiger charge is 2.24. The largest absolute Gasteiger partial charge is 0.478 e. The van der Waals surface area contributed by atoms with Gasteiger partial charge in [-0.2, -0.15) is 0 Å². The number of rotatable bonds is 3. The topological polar surface area (TPSA) is 99.1 Å². The maximum Gasteiger partial charge on any atom is 0.337 e. The molecule has 1 aliphatic heterocycles. The molecule has 0 radical (unpaired) electrons. The number of aromatic carboxylic acids is 1. The number of carboxylic acids is 1. The van der Waals surface area contributed by atoms with Crippen molar-refractivity contribution in [3.8, 4) is 0 Å². The number of nitrogens with one attached hydrogen (secondary N) is 1. The van der Waals surface area contributed by atoms with E-state index in [1.165, 1.54) is 23.1 Å². The number of ether oxygens (including phenoxy) is 1. The number of hydrogen-bond donors (Lipinski definition) is 3. The van der Waals surface area contributed by atoms with Crippen LogP contribution in [0.5, 0.6) is 0 Å². The summed E-state index contributed by atoms with van der Waals surface area (Å²) in [5, 5.41) is 20.7. The molecule has 8 heteroatoms. The molecule has 1 aromatic rings. The first-order valence-corrected chi connectivity index (χ1v) is 6.70. The Morgan fingerprint density at radius 2 is 2.24 bits per heavy atom. The van der Waals surface area contributed by atoms with Gasteiger partial charge in [-0.3, -0.25) is 0 Å². The van der Waals surface area contributed by atoms with Gasteiger partial charge in [-0.15, -0.1) is 0 Å². The van der Waals surface area contributed by atoms with Crippen LogP contribution in [0, 0.1) is 0 Å². The van der Waals surface area contributed by atoms with Crippen molar-refractivity contribution in [1.29, 1.82) is 0 Å². The molecular weight excluding hydrogens is 300 g/mol. The number of aliphatic hydroxyl groups excluding tert-OH is 1. The molecule has 0 aliphatic carbocycles. The van der Waals surface area contributed by atoms with Crippen LogP contribution in [-0.4, -0.2) is 59.5 Å². The maximum atomic E-state index is 12.1. The Hall–Kier alpha value is -1.83. The van der Waals surface area contributed by atoms with Crippen molar-refractivity contribution in [3.05, 3.63) is 28.8 Å². The fourth-order valence-electron chi connectivity index (χ4n) is 1.98. The highest BCUT2D eigenvalue weighted by Crippen LogP contribution is 2.21. The minimum absolute atomic E-state index is 0.0790. The Bertz CT molecular complexity index is 551. The Morgan fingerprint density at radius 1 is 1.48 bits per heavy atom. The number of carbonyl (C=O) groups excluding carboxylic acids is 1. The van der Waals surface area contributed by atoms with Gasteiger partial charge in [0.05, 0.1) is 36.4 Å². The number of benzene rings is 1. The molecule has 0 bridgehead atoms. The highest BCUT2D eigenvalue weighted by molar-refractivity contribution is 6.33. The number of nitrogens with zero attached hydrogens (tertiary/aromatic N) is 1. The molecule has 1 aliphatic rings. The van der Waals surface area contributed by atoms with Crippen LogP contribution < -0.4 is 5.32 Å². The zero-order chi connectivity index (χ0) is 15.4. The van der Waals surface area contributed by atoms with E-state index in [4.69, 9.17) is 26.6 Å². The number of anilines is 1. The molecule has 7 nitrogen and oxygen atoms in total. The van der Waals surface area contributed by atoms with Crippen LogP contribution in [-0.2, 0) is 4.74 Å². The van der Waals surface area contributed by atoms with Gasteiger partial charge in [-0.25, -0.2) is 9.59 Å². The van der Waals surface area contributed by atoms with Gasteiger partial charge in [0.1, 0.15) is 0 Å². The quantitative estimate of drug-likeness (QED) is 0.780. The van der Waals surface area contributed by atoms with Crippen molar-refractivity contribution in [2.24, 2.45) is 0 Å². The number of amides is 2. The van der Waals surface area contributed by atoms with E-state index in [-0.39, 0.29) is 29.8 Å². The van der Waals surface area contributed by atoms with Gasteiger partial charge in [0.15, 0.2) is 0 Å². The third-order valence-corrected chi connectivity index (χ3v) is 3.41. The van der Waals surface area contributed by atoms with Crippen molar-refractivity contribution in [2.75, 3.05) is 31.6 Å². The molecule has 0 aromatic heterocycles. The summed E-state index contributed by atoms with van der Waals surface area (Å²) in [5.41, 5.74) is 0.263. The lowest BCUT2D eigenvalue weighted by Crippen LogP contribution is -2.48. The second-order valence-corrected chi connectivity index (χ2v) is 4.96. The second-order valence-electron chi connectivity index (χ2n) is 4.55. The summed E-state index contributed by atoms with van der Waals surface area (Å²) in [6.07, 6.45) is -0.399. The van der Waals surface area contributed by atoms with Crippen molar-refractivity contribution in [3.63, 3.8) is 0 Å². The third-order valence-electron chi connectivity index (χ3n) is 3.08. The lowest BCUT2D eigenvalue weighted by atomic mass is 10.2. The molecule has 21 heavy (non-hydrogen) atoms. The molecule has 1 aromatic carbocycles. The summed E-state index contributed by atoms with van der Waals surface area (Å²) in [6, 6.07) is 3.86. The van der Waals surface area contributed by atoms with E-state index in [0.717, 1.165) is 0 Å². The second kappa shape index (κ2) is 6.75. The number of halogens is 1. The fourth-order valence-corrected chi connectivity index (χ4v) is 2.18. The average Bonchev–Trinajstić information content (AvgIpc) is 2.49. The Kier molecular flexibility index (Phi) is 5.00. The summed E-state index contributed by atoms with van der Waals surface area (Å²) >= 11 is 5.77. The van der Waals surface area contributed by atoms with E-state index < -0.39 is 12.1 Å². The van der Waals surface area contributed by atoms with E-state index in [2.05, 4.69) is 5.32 Å². The summed E-state index contributed by atoms with van der Waals surface area (Å²) < 4.78 is 5.26. The van der Waals surface area contributed by atoms with E-state index in [9.17, 15) is 9.59 Å². The smallest absolute Gasteiger partial charge is 0.337 e. The van der Waals surface area contributed by atoms with E-state index in [1.807, 2.05) is 0 Å². The standard InChI is InChI=1S/C13H15ClN2O5/c14-11-2-1-8(5-10(11)12(18)19)15-13(20)16-3-4-21-9(6-16)7-17/h1-2,5,9,17H,3-4,6-7H2,(H,15,20)(H,18,19). The molecule has 0 spiro atoms. The number of morpholine rings is 1. The predicted octanol–water partition coefficient (Wildman–Crippen LogP) is 1.26. The normalized spacial score (nSPS) is 18.4. The molecular formula is C13H15ClN2O5. The number of urea groups is 1. The monoisotopic (exact) mass is 314 g/mol. The van der Waals surface area contributed by atoms with Gasteiger partial charge in [0.25, 0.3) is 0 Å². The van der Waals surface area contributed by atoms with Crippen molar-refractivity contribution < 1.29 is 24.5 Å². The molecule has 1 heterocycles. The van der Waals surface area contributed by atoms with Crippen molar-refractivity contribution in [2.45, 2.75) is 6.10 Å². The first-order valence-electron chi connectivity index (χ1n) is 6.32. The molecule has 1 saturated heterocycles. The summed E-state index contributed by atoms with van der Waals surface area (Å²) in [7, 11) is 0. The number of hydrogen-bond acceptors (Lipinski definition) is 4. The van der Waals surface area contributed by atoms with Gasteiger partial charge in [-0.05, 0) is 18.2 Å². The number of carboxylic acid groups (broad SMARTS) is 1. The molecule has 1 atom stereocenters. The van der Waals surface area contributed by atoms with Crippen LogP contribution >= 0.6 is 11.6 Å². The number of carbonyl (C=O) groups is 2. The summed E-state index contributed by atoms with van der Waals surface area (Å²) in [5.74, 6) is -1.16. The molecule has 0 saturated carbocycles. The minimum atomic E-state index is -1.16. The van der Waals surface area contributed by atoms with Crippen molar-refractivity contribution >= 4 is 29.3 Å². The molecule has 3 N–H and O–H groups in total. The SMILES string of the molecule is O=C(O)c1cc(NC(=O)N2CCOC(CO)C2)ccc1Cl. The predicted molar refractivity (Wildman–Crippen MR) is 75.8 cm³/mol. The Labute approximate surface area is 126 Å². The first-order chi connectivity index (χ1) is 10.0. The van der Waals surface area contributed by atoms with Gasteiger partial charge in [-0.1, -0.05) is 11.6 Å². The third kappa shape index (κ3) is 3.84. The Morgan fingerprint density at radius 3 is 2.90 bits per heavy atom. The van der Waals surface area contributed by atoms with Crippen LogP contribution in [0.25, 0.3) is 0 Å². The van der Waals surface area contributed by atoms with Crippen LogP contribution in [0.4, 0.5) is 10.5 Å². The van der Waals surface area contributed by atoms with Gasteiger partial charge in [0, 0.05) is 12.2 Å². The van der Waals surface area contributed by atoms with Gasteiger partial charge in [0.2, 0.25) is 0 Å². The highest BCUT2D eigenvalue weighted by atomic mass is 35.5. The molecule has 2 amide bonds. The van der Waals surface area contributed by atoms with Gasteiger partial charge < -0.3 is 25.2 Å². The van der Waals surface area contributed by atoms with E-state index in [0.29, 0.717) is 18.8 Å². The lowest BCUT2D eigenvalue weighted by Gasteiger charge is -2.32. The van der Waals surface area contributed by atoms with E-state index in [1.54, 1.807) is 0 Å². The van der Waals surface area contributed by atoms with Gasteiger partial charge >= 0.3 is 12.0 Å². The number of aliphatic hydroxyl groups is 1. The zero-order valence-corrected chi connectivity index (χ0v) is 11.8. The van der Waals surface area contributed by atoms with Crippen LogP contribution in [0.3, 0.4) is 0 Å². The van der Waals surface area contributed by atoms with Crippen LogP contribution in [0.15, 0.2) is 18.2 Å². The first kappa shape index (κ1) is 15.6. The van der Waals surface area contributed by atoms with Crippen molar-refractivity contribution in [1.82, 2.24) is 4.90 Å².